The van der Waals surface area contributed by atoms with Crippen LogP contribution in [-0.4, -0.2) is 17.8 Å². The summed E-state index contributed by atoms with van der Waals surface area (Å²) < 4.78 is 6.26. The summed E-state index contributed by atoms with van der Waals surface area (Å²) in [6.07, 6.45) is 5.18. The summed E-state index contributed by atoms with van der Waals surface area (Å²) in [5.41, 5.74) is 2.38. The van der Waals surface area contributed by atoms with Crippen LogP contribution in [0.2, 0.25) is 0 Å². The zero-order valence-electron chi connectivity index (χ0n) is 15.9. The number of aromatic hydroxyl groups is 1. The Bertz CT molecular complexity index is 700. The highest BCUT2D eigenvalue weighted by Gasteiger charge is 2.27. The van der Waals surface area contributed by atoms with Gasteiger partial charge in [0.25, 0.3) is 0 Å². The zero-order valence-corrected chi connectivity index (χ0v) is 15.9. The van der Waals surface area contributed by atoms with Crippen LogP contribution in [0.3, 0.4) is 0 Å². The number of phenols is 1. The first-order valence-corrected chi connectivity index (χ1v) is 9.82. The van der Waals surface area contributed by atoms with Crippen LogP contribution in [0.15, 0.2) is 48.5 Å². The molecule has 2 aromatic carbocycles. The highest BCUT2D eigenvalue weighted by Crippen LogP contribution is 2.32. The Morgan fingerprint density at radius 2 is 2.00 bits per heavy atom. The number of ether oxygens (including phenoxy) is 1. The minimum Gasteiger partial charge on any atom is -0.508 e. The molecule has 3 heteroatoms. The molecule has 3 unspecified atom stereocenters. The maximum absolute atomic E-state index is 9.55. The number of rotatable bonds is 7. The Morgan fingerprint density at radius 1 is 1.15 bits per heavy atom. The summed E-state index contributed by atoms with van der Waals surface area (Å²) in [6.45, 7) is 6.25. The lowest BCUT2D eigenvalue weighted by Crippen LogP contribution is -2.33. The van der Waals surface area contributed by atoms with Crippen LogP contribution < -0.4 is 10.1 Å². The van der Waals surface area contributed by atoms with Gasteiger partial charge in [0, 0.05) is 6.54 Å². The van der Waals surface area contributed by atoms with Gasteiger partial charge in [-0.15, -0.1) is 0 Å². The van der Waals surface area contributed by atoms with E-state index in [2.05, 4.69) is 43.4 Å². The molecular weight excluding hydrogens is 322 g/mol. The molecule has 0 heterocycles. The summed E-state index contributed by atoms with van der Waals surface area (Å²) in [5.74, 6) is 2.66. The number of aryl methyl sites for hydroxylation is 1. The van der Waals surface area contributed by atoms with Crippen molar-refractivity contribution >= 4 is 0 Å². The highest BCUT2D eigenvalue weighted by molar-refractivity contribution is 5.28. The lowest BCUT2D eigenvalue weighted by Gasteiger charge is -2.33. The number of hydrogen-bond donors (Lipinski definition) is 2. The lowest BCUT2D eigenvalue weighted by atomic mass is 9.79. The van der Waals surface area contributed by atoms with E-state index >= 15 is 0 Å². The predicted octanol–water partition coefficient (Wildman–Crippen LogP) is 5.06. The molecule has 0 radical (unpaired) electrons. The molecule has 1 saturated carbocycles. The molecular formula is C23H31NO2. The third-order valence-electron chi connectivity index (χ3n) is 5.47. The van der Waals surface area contributed by atoms with Crippen LogP contribution in [0.25, 0.3) is 0 Å². The second-order valence-electron chi connectivity index (χ2n) is 7.76. The van der Waals surface area contributed by atoms with Crippen molar-refractivity contribution in [2.24, 2.45) is 11.8 Å². The van der Waals surface area contributed by atoms with Crippen molar-refractivity contribution in [2.45, 2.75) is 52.2 Å². The van der Waals surface area contributed by atoms with Crippen LogP contribution in [0.1, 0.15) is 43.7 Å². The van der Waals surface area contributed by atoms with Crippen LogP contribution in [0.5, 0.6) is 11.5 Å². The van der Waals surface area contributed by atoms with Crippen molar-refractivity contribution in [3.63, 3.8) is 0 Å². The van der Waals surface area contributed by atoms with Crippen molar-refractivity contribution in [1.82, 2.24) is 5.32 Å². The number of benzene rings is 2. The molecule has 1 aliphatic carbocycles. The smallest absolute Gasteiger partial charge is 0.119 e. The number of nitrogens with one attached hydrogen (secondary N) is 1. The zero-order chi connectivity index (χ0) is 18.4. The standard InChI is InChI=1S/C23H31NO2/c1-17-6-3-10-22(12-17)26-23-11-5-8-20(14-23)18(2)15-24-16-19-7-4-9-21(25)13-19/h3-4,6-7,9-10,12-13,18,20,23-25H,5,8,11,14-16H2,1-2H3. The summed E-state index contributed by atoms with van der Waals surface area (Å²) in [7, 11) is 0. The fourth-order valence-electron chi connectivity index (χ4n) is 3.96. The van der Waals surface area contributed by atoms with Gasteiger partial charge in [-0.1, -0.05) is 31.2 Å². The van der Waals surface area contributed by atoms with E-state index in [0.29, 0.717) is 23.7 Å². The second-order valence-corrected chi connectivity index (χ2v) is 7.76. The summed E-state index contributed by atoms with van der Waals surface area (Å²) in [4.78, 5) is 0. The topological polar surface area (TPSA) is 41.5 Å². The third-order valence-corrected chi connectivity index (χ3v) is 5.47. The van der Waals surface area contributed by atoms with Crippen molar-refractivity contribution in [3.8, 4) is 11.5 Å². The van der Waals surface area contributed by atoms with E-state index in [1.165, 1.54) is 18.4 Å². The van der Waals surface area contributed by atoms with Crippen molar-refractivity contribution in [2.75, 3.05) is 6.54 Å². The van der Waals surface area contributed by atoms with Gasteiger partial charge in [0.05, 0.1) is 6.10 Å². The molecule has 26 heavy (non-hydrogen) atoms. The SMILES string of the molecule is Cc1cccc(OC2CCCC(C(C)CNCc3cccc(O)c3)C2)c1. The van der Waals surface area contributed by atoms with E-state index in [1.54, 1.807) is 6.07 Å². The predicted molar refractivity (Wildman–Crippen MR) is 107 cm³/mol. The maximum atomic E-state index is 9.55. The Balaban J connectivity index is 1.46. The number of phenolic OH excluding ortho intramolecular Hbond substituents is 1. The minimum absolute atomic E-state index is 0.334. The van der Waals surface area contributed by atoms with Gasteiger partial charge < -0.3 is 15.2 Å². The fourth-order valence-corrected chi connectivity index (χ4v) is 3.96. The Morgan fingerprint density at radius 3 is 2.81 bits per heavy atom. The first-order valence-electron chi connectivity index (χ1n) is 9.82. The van der Waals surface area contributed by atoms with Crippen molar-refractivity contribution < 1.29 is 9.84 Å². The lowest BCUT2D eigenvalue weighted by molar-refractivity contribution is 0.102. The van der Waals surface area contributed by atoms with E-state index in [0.717, 1.165) is 37.2 Å². The van der Waals surface area contributed by atoms with Gasteiger partial charge in [-0.2, -0.15) is 0 Å². The average molecular weight is 354 g/mol. The number of hydrogen-bond acceptors (Lipinski definition) is 3. The van der Waals surface area contributed by atoms with Gasteiger partial charge in [-0.25, -0.2) is 0 Å². The molecule has 2 N–H and O–H groups in total. The molecule has 0 spiro atoms. The third kappa shape index (κ3) is 5.50. The van der Waals surface area contributed by atoms with Crippen molar-refractivity contribution in [1.29, 1.82) is 0 Å². The highest BCUT2D eigenvalue weighted by atomic mass is 16.5. The molecule has 3 nitrogen and oxygen atoms in total. The molecule has 3 atom stereocenters. The minimum atomic E-state index is 0.334. The summed E-state index contributed by atoms with van der Waals surface area (Å²) in [6, 6.07) is 15.8. The van der Waals surface area contributed by atoms with Crippen LogP contribution >= 0.6 is 0 Å². The van der Waals surface area contributed by atoms with Gasteiger partial charge in [0.15, 0.2) is 0 Å². The van der Waals surface area contributed by atoms with E-state index in [-0.39, 0.29) is 0 Å². The van der Waals surface area contributed by atoms with Gasteiger partial charge >= 0.3 is 0 Å². The van der Waals surface area contributed by atoms with Gasteiger partial charge in [-0.3, -0.25) is 0 Å². The van der Waals surface area contributed by atoms with E-state index < -0.39 is 0 Å². The van der Waals surface area contributed by atoms with E-state index in [4.69, 9.17) is 4.74 Å². The molecule has 0 bridgehead atoms. The molecule has 2 aromatic rings. The van der Waals surface area contributed by atoms with Crippen molar-refractivity contribution in [3.05, 3.63) is 59.7 Å². The molecule has 0 aromatic heterocycles. The Hall–Kier alpha value is -2.00. The quantitative estimate of drug-likeness (QED) is 0.731. The molecule has 3 rings (SSSR count). The first kappa shape index (κ1) is 18.8. The molecule has 1 fully saturated rings. The largest absolute Gasteiger partial charge is 0.508 e. The van der Waals surface area contributed by atoms with Gasteiger partial charge in [0.2, 0.25) is 0 Å². The maximum Gasteiger partial charge on any atom is 0.119 e. The fraction of sp³-hybridized carbons (Fsp3) is 0.478. The summed E-state index contributed by atoms with van der Waals surface area (Å²) in [5, 5.41) is 13.1. The molecule has 0 amide bonds. The van der Waals surface area contributed by atoms with Gasteiger partial charge in [0.1, 0.15) is 11.5 Å². The molecule has 0 saturated heterocycles. The monoisotopic (exact) mass is 353 g/mol. The van der Waals surface area contributed by atoms with Crippen LogP contribution in [0, 0.1) is 18.8 Å². The second kappa shape index (κ2) is 9.09. The molecule has 1 aliphatic rings. The first-order chi connectivity index (χ1) is 12.6. The normalized spacial score (nSPS) is 21.3. The Kier molecular flexibility index (Phi) is 6.56. The Labute approximate surface area is 157 Å². The van der Waals surface area contributed by atoms with Crippen LogP contribution in [-0.2, 0) is 6.54 Å². The van der Waals surface area contributed by atoms with Crippen LogP contribution in [0.4, 0.5) is 0 Å². The average Bonchev–Trinajstić information content (AvgIpc) is 2.62. The van der Waals surface area contributed by atoms with Gasteiger partial charge in [-0.05, 0) is 86.4 Å². The van der Waals surface area contributed by atoms with E-state index in [9.17, 15) is 5.11 Å². The molecule has 140 valence electrons. The molecule has 0 aliphatic heterocycles. The summed E-state index contributed by atoms with van der Waals surface area (Å²) >= 11 is 0. The van der Waals surface area contributed by atoms with E-state index in [1.807, 2.05) is 18.2 Å².